The van der Waals surface area contributed by atoms with Gasteiger partial charge in [0.1, 0.15) is 3.23 Å². The van der Waals surface area contributed by atoms with Crippen LogP contribution in [0.4, 0.5) is 0 Å². The molecule has 2 fully saturated rings. The van der Waals surface area contributed by atoms with Crippen LogP contribution in [0.2, 0.25) is 0 Å². The molecule has 6 heteroatoms. The molecule has 2 rings (SSSR count). The van der Waals surface area contributed by atoms with Gasteiger partial charge >= 0.3 is 5.97 Å². The second-order valence-electron chi connectivity index (χ2n) is 4.89. The van der Waals surface area contributed by atoms with E-state index in [2.05, 4.69) is 47.8 Å². The molecule has 1 heterocycles. The van der Waals surface area contributed by atoms with Gasteiger partial charge in [0.25, 0.3) is 0 Å². The highest BCUT2D eigenvalue weighted by Gasteiger charge is 2.72. The van der Waals surface area contributed by atoms with Crippen LogP contribution in [0, 0.1) is 11.3 Å². The summed E-state index contributed by atoms with van der Waals surface area (Å²) in [5.74, 6) is -0.663. The van der Waals surface area contributed by atoms with Crippen molar-refractivity contribution in [1.29, 1.82) is 0 Å². The van der Waals surface area contributed by atoms with Crippen molar-refractivity contribution < 1.29 is 14.3 Å². The molecule has 0 aromatic heterocycles. The SMILES string of the molecule is CC1(C)[C@H]2CC(Br)(Br)C(=O)[C@@]1(CBr)OC2=O. The summed E-state index contributed by atoms with van der Waals surface area (Å²) in [5.41, 5.74) is -1.55. The number of fused-ring (bicyclic) bond motifs is 2. The first-order chi connectivity index (χ1) is 7.19. The number of halogens is 3. The Balaban J connectivity index is 2.61. The number of ketones is 1. The van der Waals surface area contributed by atoms with Gasteiger partial charge in [-0.25, -0.2) is 0 Å². The van der Waals surface area contributed by atoms with Crippen molar-refractivity contribution in [2.75, 3.05) is 5.33 Å². The number of ether oxygens (including phenoxy) is 1. The highest BCUT2D eigenvalue weighted by Crippen LogP contribution is 2.60. The Morgan fingerprint density at radius 2 is 1.94 bits per heavy atom. The van der Waals surface area contributed by atoms with E-state index in [9.17, 15) is 9.59 Å². The van der Waals surface area contributed by atoms with E-state index in [4.69, 9.17) is 4.74 Å². The quantitative estimate of drug-likeness (QED) is 0.486. The first kappa shape index (κ1) is 13.0. The van der Waals surface area contributed by atoms with Gasteiger partial charge in [0.2, 0.25) is 5.78 Å². The van der Waals surface area contributed by atoms with Gasteiger partial charge in [0, 0.05) is 5.41 Å². The van der Waals surface area contributed by atoms with Crippen molar-refractivity contribution >= 4 is 59.5 Å². The molecular weight excluding hydrogens is 408 g/mol. The zero-order valence-corrected chi connectivity index (χ0v) is 13.6. The molecule has 0 aromatic carbocycles. The minimum absolute atomic E-state index is 0.121. The van der Waals surface area contributed by atoms with Crippen molar-refractivity contribution in [3.63, 3.8) is 0 Å². The number of hydrogen-bond acceptors (Lipinski definition) is 3. The zero-order chi connectivity index (χ0) is 12.4. The van der Waals surface area contributed by atoms with Crippen LogP contribution in [-0.2, 0) is 14.3 Å². The van der Waals surface area contributed by atoms with Crippen molar-refractivity contribution in [2.24, 2.45) is 11.3 Å². The largest absolute Gasteiger partial charge is 0.449 e. The number of Topliss-reactive ketones (excluding diaryl/α,β-unsaturated/α-hetero) is 1. The Morgan fingerprint density at radius 3 is 2.44 bits per heavy atom. The summed E-state index contributed by atoms with van der Waals surface area (Å²) in [6, 6.07) is 0. The van der Waals surface area contributed by atoms with Crippen LogP contribution in [0.15, 0.2) is 0 Å². The van der Waals surface area contributed by atoms with Crippen LogP contribution in [0.3, 0.4) is 0 Å². The minimum Gasteiger partial charge on any atom is -0.449 e. The van der Waals surface area contributed by atoms with Crippen LogP contribution in [0.5, 0.6) is 0 Å². The first-order valence-corrected chi connectivity index (χ1v) is 7.61. The Hall–Kier alpha value is 0.580. The lowest BCUT2D eigenvalue weighted by Crippen LogP contribution is -2.61. The number of esters is 1. The maximum Gasteiger partial charge on any atom is 0.310 e. The molecule has 0 N–H and O–H groups in total. The lowest BCUT2D eigenvalue weighted by Gasteiger charge is -2.45. The van der Waals surface area contributed by atoms with E-state index in [1.165, 1.54) is 0 Å². The van der Waals surface area contributed by atoms with Gasteiger partial charge in [-0.2, -0.15) is 0 Å². The second-order valence-corrected chi connectivity index (χ2v) is 9.23. The van der Waals surface area contributed by atoms with E-state index in [0.717, 1.165) is 0 Å². The first-order valence-electron chi connectivity index (χ1n) is 4.90. The summed E-state index contributed by atoms with van der Waals surface area (Å²) < 4.78 is 4.54. The fourth-order valence-electron chi connectivity index (χ4n) is 2.53. The molecule has 1 saturated heterocycles. The number of carbonyl (C=O) groups is 2. The Bertz CT molecular complexity index is 378. The summed E-state index contributed by atoms with van der Waals surface area (Å²) >= 11 is 10.0. The van der Waals surface area contributed by atoms with E-state index < -0.39 is 14.2 Å². The van der Waals surface area contributed by atoms with Gasteiger partial charge in [-0.1, -0.05) is 61.6 Å². The Morgan fingerprint density at radius 1 is 1.38 bits per heavy atom. The van der Waals surface area contributed by atoms with Gasteiger partial charge in [0.15, 0.2) is 5.60 Å². The van der Waals surface area contributed by atoms with Crippen molar-refractivity contribution in [1.82, 2.24) is 0 Å². The fourth-order valence-corrected chi connectivity index (χ4v) is 4.91. The van der Waals surface area contributed by atoms with Crippen LogP contribution < -0.4 is 0 Å². The van der Waals surface area contributed by atoms with Gasteiger partial charge in [0.05, 0.1) is 11.2 Å². The molecule has 16 heavy (non-hydrogen) atoms. The lowest BCUT2D eigenvalue weighted by molar-refractivity contribution is -0.158. The van der Waals surface area contributed by atoms with Crippen LogP contribution in [-0.4, -0.2) is 25.9 Å². The summed E-state index contributed by atoms with van der Waals surface area (Å²) in [6.45, 7) is 3.83. The molecule has 1 aliphatic carbocycles. The molecular formula is C10H11Br3O3. The maximum absolute atomic E-state index is 12.4. The van der Waals surface area contributed by atoms with Crippen molar-refractivity contribution in [3.8, 4) is 0 Å². The summed E-state index contributed by atoms with van der Waals surface area (Å²) in [4.78, 5) is 24.2. The van der Waals surface area contributed by atoms with E-state index in [1.54, 1.807) is 0 Å². The smallest absolute Gasteiger partial charge is 0.310 e. The molecule has 0 radical (unpaired) electrons. The molecule has 0 amide bonds. The van der Waals surface area contributed by atoms with Gasteiger partial charge in [-0.05, 0) is 6.42 Å². The highest BCUT2D eigenvalue weighted by molar-refractivity contribution is 9.26. The average molecular weight is 419 g/mol. The molecule has 2 bridgehead atoms. The molecule has 2 atom stereocenters. The third kappa shape index (κ3) is 1.35. The van der Waals surface area contributed by atoms with Crippen LogP contribution >= 0.6 is 47.8 Å². The van der Waals surface area contributed by atoms with Gasteiger partial charge in [-0.15, -0.1) is 0 Å². The Kier molecular flexibility index (Phi) is 2.88. The molecule has 1 saturated carbocycles. The summed E-state index contributed by atoms with van der Waals surface area (Å²) in [6.07, 6.45) is 0.423. The zero-order valence-electron chi connectivity index (χ0n) is 8.85. The molecule has 0 unspecified atom stereocenters. The summed E-state index contributed by atoms with van der Waals surface area (Å²) in [7, 11) is 0. The predicted molar refractivity (Wildman–Crippen MR) is 70.1 cm³/mol. The molecule has 2 aliphatic rings. The molecule has 1 aliphatic heterocycles. The minimum atomic E-state index is -1.07. The third-order valence-electron chi connectivity index (χ3n) is 3.82. The highest BCUT2D eigenvalue weighted by atomic mass is 79.9. The third-order valence-corrected chi connectivity index (χ3v) is 5.98. The van der Waals surface area contributed by atoms with E-state index in [0.29, 0.717) is 11.8 Å². The van der Waals surface area contributed by atoms with Crippen LogP contribution in [0.25, 0.3) is 0 Å². The lowest BCUT2D eigenvalue weighted by atomic mass is 9.62. The monoisotopic (exact) mass is 416 g/mol. The van der Waals surface area contributed by atoms with Crippen molar-refractivity contribution in [3.05, 3.63) is 0 Å². The fraction of sp³-hybridized carbons (Fsp3) is 0.800. The van der Waals surface area contributed by atoms with E-state index in [1.807, 2.05) is 13.8 Å². The molecule has 90 valence electrons. The molecule has 0 spiro atoms. The Labute approximate surface area is 119 Å². The normalized spacial score (nSPS) is 39.7. The van der Waals surface area contributed by atoms with Crippen LogP contribution in [0.1, 0.15) is 20.3 Å². The van der Waals surface area contributed by atoms with E-state index in [-0.39, 0.29) is 17.7 Å². The standard InChI is InChI=1S/C10H11Br3O3/c1-8(2)5-3-10(12,13)7(15)9(8,4-11)16-6(5)14/h5H,3-4H2,1-2H3/t5-,9+/m0/s1. The second kappa shape index (κ2) is 3.54. The summed E-state index contributed by atoms with van der Waals surface area (Å²) in [5, 5.41) is 0.326. The number of hydrogen-bond donors (Lipinski definition) is 0. The number of rotatable bonds is 1. The molecule has 0 aromatic rings. The van der Waals surface area contributed by atoms with E-state index >= 15 is 0 Å². The predicted octanol–water partition coefficient (Wildman–Crippen LogP) is 2.78. The number of alkyl halides is 3. The van der Waals surface area contributed by atoms with Crippen molar-refractivity contribution in [2.45, 2.75) is 29.1 Å². The average Bonchev–Trinajstić information content (AvgIpc) is 2.31. The maximum atomic E-state index is 12.4. The molecule has 3 nitrogen and oxygen atoms in total. The van der Waals surface area contributed by atoms with Gasteiger partial charge < -0.3 is 4.74 Å². The topological polar surface area (TPSA) is 43.4 Å². The number of carbonyl (C=O) groups excluding carboxylic acids is 2. The van der Waals surface area contributed by atoms with Gasteiger partial charge in [-0.3, -0.25) is 9.59 Å².